The van der Waals surface area contributed by atoms with Crippen LogP contribution in [0.1, 0.15) is 37.9 Å². The molecule has 2 saturated heterocycles. The summed E-state index contributed by atoms with van der Waals surface area (Å²) < 4.78 is 32.1. The molecule has 1 aromatic rings. The summed E-state index contributed by atoms with van der Waals surface area (Å²) in [6.45, 7) is 1.36. The van der Waals surface area contributed by atoms with Crippen LogP contribution in [0.2, 0.25) is 0 Å². The fourth-order valence-electron chi connectivity index (χ4n) is 3.12. The number of rotatable bonds is 8. The Morgan fingerprint density at radius 1 is 1.04 bits per heavy atom. The maximum atomic E-state index is 12.3. The molecule has 154 valence electrons. The first-order valence-corrected chi connectivity index (χ1v) is 10.9. The minimum Gasteiger partial charge on any atom is -0.467 e. The van der Waals surface area contributed by atoms with Crippen molar-refractivity contribution < 1.29 is 22.7 Å². The van der Waals surface area contributed by atoms with Gasteiger partial charge in [0.2, 0.25) is 27.8 Å². The molecule has 28 heavy (non-hydrogen) atoms. The molecule has 2 aliphatic heterocycles. The van der Waals surface area contributed by atoms with Crippen LogP contribution in [-0.2, 0) is 26.2 Å². The van der Waals surface area contributed by atoms with Crippen LogP contribution in [0, 0.1) is 0 Å². The number of sulfonamides is 1. The van der Waals surface area contributed by atoms with E-state index in [1.807, 2.05) is 4.90 Å². The number of nitrogens with one attached hydrogen (secondary N) is 1. The number of anilines is 1. The lowest BCUT2D eigenvalue weighted by Crippen LogP contribution is -2.44. The molecule has 1 N–H and O–H groups in total. The summed E-state index contributed by atoms with van der Waals surface area (Å²) in [5, 5.41) is 0. The van der Waals surface area contributed by atoms with Crippen molar-refractivity contribution >= 4 is 27.8 Å². The predicted octanol–water partition coefficient (Wildman–Crippen LogP) is -0.561. The molecule has 11 nitrogen and oxygen atoms in total. The number of hydrogen-bond acceptors (Lipinski definition) is 9. The van der Waals surface area contributed by atoms with Gasteiger partial charge in [0.15, 0.2) is 5.82 Å². The van der Waals surface area contributed by atoms with Crippen LogP contribution < -0.4 is 14.4 Å². The lowest BCUT2D eigenvalue weighted by molar-refractivity contribution is -0.147. The molecule has 2 amide bonds. The Balaban J connectivity index is 1.61. The average Bonchev–Trinajstić information content (AvgIpc) is 3.21. The van der Waals surface area contributed by atoms with Crippen LogP contribution >= 0.6 is 0 Å². The molecule has 0 radical (unpaired) electrons. The van der Waals surface area contributed by atoms with Gasteiger partial charge in [0, 0.05) is 32.5 Å². The van der Waals surface area contributed by atoms with Gasteiger partial charge in [0.05, 0.1) is 19.4 Å². The Hall–Kier alpha value is -2.34. The van der Waals surface area contributed by atoms with Gasteiger partial charge in [-0.05, 0) is 19.3 Å². The standard InChI is InChI=1S/C16H24N6O5S/c1-27-16-19-12(18-15(20-16)21-7-2-3-8-21)11-17-28(25,26)10-9-22-13(23)5-4-6-14(22)24/h17H,2-11H2,1H3. The predicted molar refractivity (Wildman–Crippen MR) is 99.0 cm³/mol. The second kappa shape index (κ2) is 8.78. The van der Waals surface area contributed by atoms with Crippen LogP contribution in [0.15, 0.2) is 0 Å². The molecule has 2 aliphatic rings. The van der Waals surface area contributed by atoms with E-state index in [9.17, 15) is 18.0 Å². The van der Waals surface area contributed by atoms with Crippen LogP contribution in [0.5, 0.6) is 6.01 Å². The average molecular weight is 412 g/mol. The summed E-state index contributed by atoms with van der Waals surface area (Å²) in [4.78, 5) is 39.2. The summed E-state index contributed by atoms with van der Waals surface area (Å²) >= 11 is 0. The van der Waals surface area contributed by atoms with E-state index < -0.39 is 10.0 Å². The number of ether oxygens (including phenoxy) is 1. The number of imide groups is 1. The molecule has 0 aromatic carbocycles. The lowest BCUT2D eigenvalue weighted by atomic mass is 10.1. The number of amides is 2. The lowest BCUT2D eigenvalue weighted by Gasteiger charge is -2.24. The molecule has 3 heterocycles. The molecule has 0 saturated carbocycles. The van der Waals surface area contributed by atoms with E-state index in [-0.39, 0.29) is 55.3 Å². The van der Waals surface area contributed by atoms with Gasteiger partial charge in [-0.15, -0.1) is 0 Å². The number of methoxy groups -OCH3 is 1. The van der Waals surface area contributed by atoms with Crippen LogP contribution in [0.4, 0.5) is 5.95 Å². The van der Waals surface area contributed by atoms with Gasteiger partial charge in [0.1, 0.15) is 0 Å². The maximum Gasteiger partial charge on any atom is 0.321 e. The molecule has 0 atom stereocenters. The summed E-state index contributed by atoms with van der Waals surface area (Å²) in [6, 6.07) is 0.121. The number of hydrogen-bond donors (Lipinski definition) is 1. The normalized spacial score (nSPS) is 18.0. The van der Waals surface area contributed by atoms with Crippen molar-refractivity contribution in [3.05, 3.63) is 5.82 Å². The van der Waals surface area contributed by atoms with Crippen molar-refractivity contribution in [2.75, 3.05) is 37.4 Å². The van der Waals surface area contributed by atoms with Crippen LogP contribution in [0.25, 0.3) is 0 Å². The molecule has 12 heteroatoms. The largest absolute Gasteiger partial charge is 0.467 e. The molecule has 0 bridgehead atoms. The smallest absolute Gasteiger partial charge is 0.321 e. The van der Waals surface area contributed by atoms with Crippen molar-refractivity contribution in [2.45, 2.75) is 38.6 Å². The number of piperidine rings is 1. The van der Waals surface area contributed by atoms with Gasteiger partial charge < -0.3 is 9.64 Å². The molecule has 0 spiro atoms. The number of nitrogens with zero attached hydrogens (tertiary/aromatic N) is 5. The minimum absolute atomic E-state index is 0.121. The monoisotopic (exact) mass is 412 g/mol. The van der Waals surface area contributed by atoms with E-state index in [1.165, 1.54) is 7.11 Å². The SMILES string of the molecule is COc1nc(CNS(=O)(=O)CCN2C(=O)CCCC2=O)nc(N2CCCC2)n1. The van der Waals surface area contributed by atoms with Crippen LogP contribution in [0.3, 0.4) is 0 Å². The van der Waals surface area contributed by atoms with Gasteiger partial charge >= 0.3 is 6.01 Å². The van der Waals surface area contributed by atoms with E-state index >= 15 is 0 Å². The van der Waals surface area contributed by atoms with Gasteiger partial charge in [-0.25, -0.2) is 13.1 Å². The Kier molecular flexibility index (Phi) is 6.39. The molecular formula is C16H24N6O5S. The van der Waals surface area contributed by atoms with Gasteiger partial charge in [-0.2, -0.15) is 15.0 Å². The zero-order valence-corrected chi connectivity index (χ0v) is 16.6. The molecule has 0 unspecified atom stereocenters. The third-order valence-corrected chi connectivity index (χ3v) is 5.94. The van der Waals surface area contributed by atoms with Crippen molar-refractivity contribution in [1.82, 2.24) is 24.6 Å². The van der Waals surface area contributed by atoms with E-state index in [0.29, 0.717) is 12.4 Å². The van der Waals surface area contributed by atoms with Crippen LogP contribution in [-0.4, -0.2) is 72.6 Å². The van der Waals surface area contributed by atoms with Gasteiger partial charge in [-0.3, -0.25) is 14.5 Å². The first-order valence-electron chi connectivity index (χ1n) is 9.22. The zero-order chi connectivity index (χ0) is 20.1. The second-order valence-corrected chi connectivity index (χ2v) is 8.59. The Morgan fingerprint density at radius 2 is 1.71 bits per heavy atom. The quantitative estimate of drug-likeness (QED) is 0.557. The minimum atomic E-state index is -3.73. The summed E-state index contributed by atoms with van der Waals surface area (Å²) in [6.07, 6.45) is 3.14. The van der Waals surface area contributed by atoms with E-state index in [1.54, 1.807) is 0 Å². The maximum absolute atomic E-state index is 12.3. The Labute approximate surface area is 163 Å². The summed E-state index contributed by atoms with van der Waals surface area (Å²) in [5.41, 5.74) is 0. The highest BCUT2D eigenvalue weighted by Crippen LogP contribution is 2.18. The third-order valence-electron chi connectivity index (χ3n) is 4.64. The number of aromatic nitrogens is 3. The molecule has 2 fully saturated rings. The summed E-state index contributed by atoms with van der Waals surface area (Å²) in [5.74, 6) is -0.329. The molecule has 3 rings (SSSR count). The third kappa shape index (κ3) is 5.13. The van der Waals surface area contributed by atoms with Crippen molar-refractivity contribution in [3.63, 3.8) is 0 Å². The van der Waals surface area contributed by atoms with Gasteiger partial charge in [0.25, 0.3) is 0 Å². The highest BCUT2D eigenvalue weighted by molar-refractivity contribution is 7.89. The van der Waals surface area contributed by atoms with E-state index in [2.05, 4.69) is 19.7 Å². The Bertz CT molecular complexity index is 824. The van der Waals surface area contributed by atoms with E-state index in [4.69, 9.17) is 4.74 Å². The second-order valence-electron chi connectivity index (χ2n) is 6.67. The van der Waals surface area contributed by atoms with Crippen molar-refractivity contribution in [1.29, 1.82) is 0 Å². The fraction of sp³-hybridized carbons (Fsp3) is 0.688. The fourth-order valence-corrected chi connectivity index (χ4v) is 4.04. The first-order chi connectivity index (χ1) is 13.4. The van der Waals surface area contributed by atoms with Crippen molar-refractivity contribution in [3.8, 4) is 6.01 Å². The summed E-state index contributed by atoms with van der Waals surface area (Å²) in [7, 11) is -2.29. The zero-order valence-electron chi connectivity index (χ0n) is 15.8. The molecule has 0 aliphatic carbocycles. The molecule has 1 aromatic heterocycles. The van der Waals surface area contributed by atoms with Crippen molar-refractivity contribution in [2.24, 2.45) is 0 Å². The highest BCUT2D eigenvalue weighted by atomic mass is 32.2. The molecular weight excluding hydrogens is 388 g/mol. The van der Waals surface area contributed by atoms with Gasteiger partial charge in [-0.1, -0.05) is 0 Å². The number of carbonyl (C=O) groups is 2. The van der Waals surface area contributed by atoms with E-state index in [0.717, 1.165) is 30.8 Å². The Morgan fingerprint density at radius 3 is 2.36 bits per heavy atom. The number of carbonyl (C=O) groups excluding carboxylic acids is 2. The number of likely N-dealkylation sites (tertiary alicyclic amines) is 1. The highest BCUT2D eigenvalue weighted by Gasteiger charge is 2.27. The topological polar surface area (TPSA) is 135 Å². The first kappa shape index (κ1) is 20.4.